The third kappa shape index (κ3) is 4.36. The molecule has 1 saturated heterocycles. The van der Waals surface area contributed by atoms with E-state index in [4.69, 9.17) is 4.74 Å². The average molecular weight is 474 g/mol. The highest BCUT2D eigenvalue weighted by Gasteiger charge is 2.36. The number of aromatic nitrogens is 1. The molecule has 0 unspecified atom stereocenters. The molecule has 1 aromatic carbocycles. The maximum atomic E-state index is 13.4. The van der Waals surface area contributed by atoms with Crippen LogP contribution >= 0.6 is 0 Å². The number of nitrogens with zero attached hydrogens (tertiary/aromatic N) is 3. The lowest BCUT2D eigenvalue weighted by Crippen LogP contribution is -2.48. The first-order valence-corrected chi connectivity index (χ1v) is 11.6. The molecule has 1 aliphatic heterocycles. The first kappa shape index (κ1) is 24.1. The number of sulfonamides is 1. The van der Waals surface area contributed by atoms with Crippen LogP contribution < -0.4 is 4.90 Å². The number of hydrogen-bond acceptors (Lipinski definition) is 5. The highest BCUT2D eigenvalue weighted by Crippen LogP contribution is 2.33. The molecule has 0 aliphatic carbocycles. The molecular weight excluding hydrogens is 447 g/mol. The summed E-state index contributed by atoms with van der Waals surface area (Å²) in [5, 5.41) is 0. The minimum atomic E-state index is -4.44. The summed E-state index contributed by atoms with van der Waals surface area (Å²) in [4.78, 5) is 14.1. The number of carbonyl (C=O) groups is 1. The van der Waals surface area contributed by atoms with Gasteiger partial charge in [0.15, 0.2) is 0 Å². The summed E-state index contributed by atoms with van der Waals surface area (Å²) < 4.78 is 73.7. The summed E-state index contributed by atoms with van der Waals surface area (Å²) in [6, 6.07) is 5.00. The lowest BCUT2D eigenvalue weighted by Gasteiger charge is -2.35. The second-order valence-corrected chi connectivity index (χ2v) is 9.48. The Balaban J connectivity index is 1.83. The number of ether oxygens (including phenoxy) is 1. The smallest absolute Gasteiger partial charge is 0.416 e. The van der Waals surface area contributed by atoms with Gasteiger partial charge >= 0.3 is 12.1 Å². The van der Waals surface area contributed by atoms with Crippen molar-refractivity contribution in [2.24, 2.45) is 7.05 Å². The van der Waals surface area contributed by atoms with E-state index < -0.39 is 27.7 Å². The minimum Gasteiger partial charge on any atom is -0.461 e. The molecule has 3 rings (SSSR count). The number of alkyl halides is 3. The van der Waals surface area contributed by atoms with Gasteiger partial charge in [-0.25, -0.2) is 13.2 Å². The van der Waals surface area contributed by atoms with Gasteiger partial charge in [0.1, 0.15) is 10.6 Å². The molecule has 32 heavy (non-hydrogen) atoms. The molecule has 11 heteroatoms. The topological polar surface area (TPSA) is 71.8 Å². The molecular formula is C21H26F3N3O4S. The van der Waals surface area contributed by atoms with E-state index in [1.807, 2.05) is 0 Å². The van der Waals surface area contributed by atoms with Gasteiger partial charge in [-0.3, -0.25) is 0 Å². The summed E-state index contributed by atoms with van der Waals surface area (Å²) >= 11 is 0. The van der Waals surface area contributed by atoms with Gasteiger partial charge in [-0.1, -0.05) is 6.07 Å². The molecule has 0 spiro atoms. The fourth-order valence-corrected chi connectivity index (χ4v) is 5.91. The summed E-state index contributed by atoms with van der Waals surface area (Å²) in [5.41, 5.74) is 0.584. The van der Waals surface area contributed by atoms with E-state index in [0.717, 1.165) is 12.1 Å². The molecule has 0 saturated carbocycles. The van der Waals surface area contributed by atoms with Gasteiger partial charge in [-0.15, -0.1) is 0 Å². The van der Waals surface area contributed by atoms with E-state index in [9.17, 15) is 26.4 Å². The van der Waals surface area contributed by atoms with Crippen molar-refractivity contribution in [3.8, 4) is 0 Å². The van der Waals surface area contributed by atoms with E-state index in [2.05, 4.69) is 0 Å². The van der Waals surface area contributed by atoms with Gasteiger partial charge < -0.3 is 14.2 Å². The number of rotatable bonds is 5. The normalized spacial score (nSPS) is 15.8. The second-order valence-electron chi connectivity index (χ2n) is 7.61. The lowest BCUT2D eigenvalue weighted by atomic mass is 10.1. The molecule has 1 aliphatic rings. The summed E-state index contributed by atoms with van der Waals surface area (Å²) in [6.07, 6.45) is -4.44. The molecule has 7 nitrogen and oxygen atoms in total. The van der Waals surface area contributed by atoms with Crippen molar-refractivity contribution in [2.45, 2.75) is 31.8 Å². The molecule has 0 radical (unpaired) electrons. The zero-order valence-electron chi connectivity index (χ0n) is 18.4. The summed E-state index contributed by atoms with van der Waals surface area (Å²) in [6.45, 7) is 5.76. The molecule has 0 atom stereocenters. The predicted octanol–water partition coefficient (Wildman–Crippen LogP) is 3.35. The Bertz CT molecular complexity index is 1120. The number of anilines is 1. The molecule has 0 amide bonds. The third-order valence-corrected chi connectivity index (χ3v) is 7.87. The first-order chi connectivity index (χ1) is 14.9. The quantitative estimate of drug-likeness (QED) is 0.623. The van der Waals surface area contributed by atoms with E-state index in [1.165, 1.54) is 14.9 Å². The van der Waals surface area contributed by atoms with Gasteiger partial charge in [0.25, 0.3) is 0 Å². The van der Waals surface area contributed by atoms with Crippen molar-refractivity contribution >= 4 is 21.7 Å². The monoisotopic (exact) mass is 473 g/mol. The largest absolute Gasteiger partial charge is 0.461 e. The van der Waals surface area contributed by atoms with Crippen LogP contribution in [-0.4, -0.2) is 56.0 Å². The van der Waals surface area contributed by atoms with Crippen LogP contribution in [0.2, 0.25) is 0 Å². The van der Waals surface area contributed by atoms with Crippen molar-refractivity contribution in [1.29, 1.82) is 0 Å². The van der Waals surface area contributed by atoms with Crippen LogP contribution in [0.3, 0.4) is 0 Å². The molecule has 0 bridgehead atoms. The zero-order valence-corrected chi connectivity index (χ0v) is 19.2. The summed E-state index contributed by atoms with van der Waals surface area (Å²) in [7, 11) is -2.30. The molecule has 2 aromatic rings. The SMILES string of the molecule is CCOC(=O)c1c(C)c(S(=O)(=O)N2CCN(c3cccc(C(F)(F)F)c3)CC2)c(C)n1C. The van der Waals surface area contributed by atoms with Gasteiger partial charge in [-0.05, 0) is 39.0 Å². The average Bonchev–Trinajstić information content (AvgIpc) is 2.96. The van der Waals surface area contributed by atoms with Crippen LogP contribution in [0.5, 0.6) is 0 Å². The van der Waals surface area contributed by atoms with Crippen LogP contribution in [0.1, 0.15) is 34.2 Å². The molecule has 1 fully saturated rings. The van der Waals surface area contributed by atoms with E-state index in [-0.39, 0.29) is 43.4 Å². The van der Waals surface area contributed by atoms with Crippen molar-refractivity contribution in [3.63, 3.8) is 0 Å². The Morgan fingerprint density at radius 3 is 2.31 bits per heavy atom. The Hall–Kier alpha value is -2.53. The minimum absolute atomic E-state index is 0.0653. The van der Waals surface area contributed by atoms with Crippen LogP contribution in [0.25, 0.3) is 0 Å². The number of carbonyl (C=O) groups excluding carboxylic acids is 1. The van der Waals surface area contributed by atoms with E-state index in [1.54, 1.807) is 38.8 Å². The Morgan fingerprint density at radius 1 is 1.12 bits per heavy atom. The van der Waals surface area contributed by atoms with Gasteiger partial charge in [0.2, 0.25) is 10.0 Å². The van der Waals surface area contributed by atoms with Gasteiger partial charge in [-0.2, -0.15) is 17.5 Å². The number of benzene rings is 1. The second kappa shape index (κ2) is 8.78. The number of piperazine rings is 1. The maximum absolute atomic E-state index is 13.4. The predicted molar refractivity (Wildman–Crippen MR) is 113 cm³/mol. The van der Waals surface area contributed by atoms with Crippen molar-refractivity contribution in [1.82, 2.24) is 8.87 Å². The van der Waals surface area contributed by atoms with Crippen LogP contribution in [0, 0.1) is 13.8 Å². The first-order valence-electron chi connectivity index (χ1n) is 10.1. The van der Waals surface area contributed by atoms with Crippen molar-refractivity contribution in [3.05, 3.63) is 46.8 Å². The molecule has 2 heterocycles. The lowest BCUT2D eigenvalue weighted by molar-refractivity contribution is -0.137. The van der Waals surface area contributed by atoms with Crippen LogP contribution in [-0.2, 0) is 28.0 Å². The standard InChI is InChI=1S/C21H26F3N3O4S/c1-5-31-20(28)18-14(2)19(15(3)25(18)4)32(29,30)27-11-9-26(10-12-27)17-8-6-7-16(13-17)21(22,23)24/h6-8,13H,5,9-12H2,1-4H3. The van der Waals surface area contributed by atoms with Gasteiger partial charge in [0, 0.05) is 50.2 Å². The van der Waals surface area contributed by atoms with Crippen LogP contribution in [0.4, 0.5) is 18.9 Å². The Morgan fingerprint density at radius 2 is 1.75 bits per heavy atom. The fourth-order valence-electron chi connectivity index (χ4n) is 4.01. The highest BCUT2D eigenvalue weighted by atomic mass is 32.2. The Labute approximate surface area is 185 Å². The highest BCUT2D eigenvalue weighted by molar-refractivity contribution is 7.89. The number of hydrogen-bond donors (Lipinski definition) is 0. The zero-order chi connectivity index (χ0) is 23.8. The third-order valence-electron chi connectivity index (χ3n) is 5.71. The number of esters is 1. The summed E-state index contributed by atoms with van der Waals surface area (Å²) in [5.74, 6) is -0.591. The van der Waals surface area contributed by atoms with Crippen LogP contribution in [0.15, 0.2) is 29.2 Å². The van der Waals surface area contributed by atoms with Crippen molar-refractivity contribution in [2.75, 3.05) is 37.7 Å². The fraction of sp³-hybridized carbons (Fsp3) is 0.476. The molecule has 176 valence electrons. The van der Waals surface area contributed by atoms with E-state index >= 15 is 0 Å². The maximum Gasteiger partial charge on any atom is 0.416 e. The Kier molecular flexibility index (Phi) is 6.62. The van der Waals surface area contributed by atoms with E-state index in [0.29, 0.717) is 16.9 Å². The number of halogens is 3. The molecule has 1 aromatic heterocycles. The van der Waals surface area contributed by atoms with Crippen molar-refractivity contribution < 1.29 is 31.1 Å². The van der Waals surface area contributed by atoms with Gasteiger partial charge in [0.05, 0.1) is 12.2 Å². The molecule has 0 N–H and O–H groups in total.